The van der Waals surface area contributed by atoms with Crippen LogP contribution in [0.1, 0.15) is 11.1 Å². The molecule has 0 aliphatic carbocycles. The number of amides is 1. The third kappa shape index (κ3) is 3.08. The number of benzene rings is 2. The molecule has 2 rings (SSSR count). The van der Waals surface area contributed by atoms with E-state index in [1.54, 1.807) is 6.07 Å². The molecule has 0 atom stereocenters. The smallest absolute Gasteiger partial charge is 0.211 e. The highest BCUT2D eigenvalue weighted by molar-refractivity contribution is 6.30. The van der Waals surface area contributed by atoms with Crippen molar-refractivity contribution in [3.8, 4) is 0 Å². The predicted octanol–water partition coefficient (Wildman–Crippen LogP) is 3.50. The molecule has 86 valence electrons. The van der Waals surface area contributed by atoms with Gasteiger partial charge >= 0.3 is 0 Å². The Kier molecular flexibility index (Phi) is 3.78. The van der Waals surface area contributed by atoms with Crippen LogP contribution in [0.2, 0.25) is 5.02 Å². The van der Waals surface area contributed by atoms with Gasteiger partial charge in [0.15, 0.2) is 0 Å². The minimum Gasteiger partial charge on any atom is -0.328 e. The van der Waals surface area contributed by atoms with Crippen molar-refractivity contribution in [2.45, 2.75) is 6.42 Å². The summed E-state index contributed by atoms with van der Waals surface area (Å²) in [4.78, 5) is 10.5. The van der Waals surface area contributed by atoms with Crippen molar-refractivity contribution in [2.75, 3.05) is 5.32 Å². The molecular weight excluding hydrogens is 234 g/mol. The molecule has 0 spiro atoms. The largest absolute Gasteiger partial charge is 0.328 e. The van der Waals surface area contributed by atoms with Crippen LogP contribution in [0, 0.1) is 0 Å². The average molecular weight is 246 g/mol. The quantitative estimate of drug-likeness (QED) is 0.821. The second-order valence-corrected chi connectivity index (χ2v) is 4.16. The van der Waals surface area contributed by atoms with Crippen LogP contribution in [-0.4, -0.2) is 6.41 Å². The average Bonchev–Trinajstić information content (AvgIpc) is 2.34. The van der Waals surface area contributed by atoms with E-state index in [1.807, 2.05) is 42.5 Å². The number of hydrogen-bond donors (Lipinski definition) is 1. The van der Waals surface area contributed by atoms with Crippen LogP contribution < -0.4 is 5.32 Å². The molecular formula is C14H12ClNO. The Hall–Kier alpha value is -1.80. The zero-order valence-electron chi connectivity index (χ0n) is 9.19. The van der Waals surface area contributed by atoms with E-state index in [9.17, 15) is 4.79 Å². The van der Waals surface area contributed by atoms with Gasteiger partial charge in [-0.1, -0.05) is 41.9 Å². The van der Waals surface area contributed by atoms with E-state index in [-0.39, 0.29) is 0 Å². The maximum atomic E-state index is 10.5. The molecule has 0 heterocycles. The predicted molar refractivity (Wildman–Crippen MR) is 70.4 cm³/mol. The van der Waals surface area contributed by atoms with Gasteiger partial charge in [-0.15, -0.1) is 0 Å². The fourth-order valence-corrected chi connectivity index (χ4v) is 1.92. The molecule has 17 heavy (non-hydrogen) atoms. The minimum atomic E-state index is 0.674. The first kappa shape index (κ1) is 11.7. The maximum Gasteiger partial charge on any atom is 0.211 e. The van der Waals surface area contributed by atoms with Crippen molar-refractivity contribution in [2.24, 2.45) is 0 Å². The summed E-state index contributed by atoms with van der Waals surface area (Å²) in [6.07, 6.45) is 1.43. The Balaban J connectivity index is 2.30. The number of anilines is 1. The van der Waals surface area contributed by atoms with Crippen molar-refractivity contribution in [3.63, 3.8) is 0 Å². The Morgan fingerprint density at radius 1 is 1.12 bits per heavy atom. The lowest BCUT2D eigenvalue weighted by atomic mass is 10.0. The van der Waals surface area contributed by atoms with Gasteiger partial charge < -0.3 is 5.32 Å². The van der Waals surface area contributed by atoms with Crippen molar-refractivity contribution in [1.29, 1.82) is 0 Å². The van der Waals surface area contributed by atoms with Crippen LogP contribution in [0.5, 0.6) is 0 Å². The lowest BCUT2D eigenvalue weighted by Crippen LogP contribution is -1.99. The van der Waals surface area contributed by atoms with E-state index in [1.165, 1.54) is 5.56 Å². The minimum absolute atomic E-state index is 0.674. The molecule has 0 unspecified atom stereocenters. The van der Waals surface area contributed by atoms with Gasteiger partial charge in [0, 0.05) is 10.7 Å². The summed E-state index contributed by atoms with van der Waals surface area (Å²) in [7, 11) is 0. The number of carbonyl (C=O) groups is 1. The molecule has 3 heteroatoms. The molecule has 0 saturated carbocycles. The Labute approximate surface area is 105 Å². The second kappa shape index (κ2) is 5.51. The first-order valence-electron chi connectivity index (χ1n) is 5.32. The summed E-state index contributed by atoms with van der Waals surface area (Å²) in [5.41, 5.74) is 2.99. The molecule has 0 radical (unpaired) electrons. The Morgan fingerprint density at radius 3 is 2.59 bits per heavy atom. The van der Waals surface area contributed by atoms with Crippen LogP contribution >= 0.6 is 11.6 Å². The van der Waals surface area contributed by atoms with Gasteiger partial charge in [0.05, 0.1) is 0 Å². The number of halogens is 1. The Morgan fingerprint density at radius 2 is 1.88 bits per heavy atom. The van der Waals surface area contributed by atoms with Gasteiger partial charge in [-0.05, 0) is 35.7 Å². The van der Waals surface area contributed by atoms with Crippen LogP contribution in [0.3, 0.4) is 0 Å². The first-order valence-corrected chi connectivity index (χ1v) is 5.70. The highest BCUT2D eigenvalue weighted by atomic mass is 35.5. The number of carbonyl (C=O) groups excluding carboxylic acids is 1. The van der Waals surface area contributed by atoms with Gasteiger partial charge in [0.2, 0.25) is 6.41 Å². The van der Waals surface area contributed by atoms with Gasteiger partial charge in [0.25, 0.3) is 0 Å². The third-order valence-electron chi connectivity index (χ3n) is 2.52. The van der Waals surface area contributed by atoms with E-state index >= 15 is 0 Å². The van der Waals surface area contributed by atoms with Crippen LogP contribution in [-0.2, 0) is 11.2 Å². The van der Waals surface area contributed by atoms with Gasteiger partial charge in [-0.25, -0.2) is 0 Å². The number of nitrogens with one attached hydrogen (secondary N) is 1. The van der Waals surface area contributed by atoms with Crippen molar-refractivity contribution < 1.29 is 4.79 Å². The van der Waals surface area contributed by atoms with Crippen LogP contribution in [0.15, 0.2) is 48.5 Å². The van der Waals surface area contributed by atoms with Gasteiger partial charge in [-0.2, -0.15) is 0 Å². The van der Waals surface area contributed by atoms with E-state index in [0.29, 0.717) is 11.4 Å². The van der Waals surface area contributed by atoms with Crippen LogP contribution in [0.25, 0.3) is 0 Å². The molecule has 0 aliphatic rings. The first-order chi connectivity index (χ1) is 8.29. The van der Waals surface area contributed by atoms with Gasteiger partial charge in [-0.3, -0.25) is 4.79 Å². The molecule has 0 saturated heterocycles. The van der Waals surface area contributed by atoms with E-state index in [2.05, 4.69) is 5.32 Å². The van der Waals surface area contributed by atoms with Crippen LogP contribution in [0.4, 0.5) is 5.69 Å². The molecule has 2 aromatic rings. The van der Waals surface area contributed by atoms with E-state index < -0.39 is 0 Å². The fraction of sp³-hybridized carbons (Fsp3) is 0.0714. The fourth-order valence-electron chi connectivity index (χ4n) is 1.73. The third-order valence-corrected chi connectivity index (χ3v) is 2.75. The number of hydrogen-bond acceptors (Lipinski definition) is 1. The SMILES string of the molecule is O=CNc1ccc(Cl)cc1Cc1ccccc1. The molecule has 0 bridgehead atoms. The standard InChI is InChI=1S/C14H12ClNO/c15-13-6-7-14(16-10-17)12(9-13)8-11-4-2-1-3-5-11/h1-7,9-10H,8H2,(H,16,17). The second-order valence-electron chi connectivity index (χ2n) is 3.73. The van der Waals surface area contributed by atoms with Crippen molar-refractivity contribution in [3.05, 3.63) is 64.7 Å². The van der Waals surface area contributed by atoms with E-state index in [0.717, 1.165) is 17.7 Å². The summed E-state index contributed by atoms with van der Waals surface area (Å²) in [5, 5.41) is 3.36. The maximum absolute atomic E-state index is 10.5. The lowest BCUT2D eigenvalue weighted by molar-refractivity contribution is -0.105. The molecule has 0 aromatic heterocycles. The molecule has 2 aromatic carbocycles. The van der Waals surface area contributed by atoms with Crippen molar-refractivity contribution in [1.82, 2.24) is 0 Å². The van der Waals surface area contributed by atoms with Crippen molar-refractivity contribution >= 4 is 23.7 Å². The topological polar surface area (TPSA) is 29.1 Å². The van der Waals surface area contributed by atoms with E-state index in [4.69, 9.17) is 11.6 Å². The summed E-state index contributed by atoms with van der Waals surface area (Å²) < 4.78 is 0. The number of rotatable bonds is 4. The molecule has 0 fully saturated rings. The molecule has 2 nitrogen and oxygen atoms in total. The highest BCUT2D eigenvalue weighted by Gasteiger charge is 2.04. The Bertz CT molecular complexity index is 511. The molecule has 1 amide bonds. The highest BCUT2D eigenvalue weighted by Crippen LogP contribution is 2.23. The summed E-state index contributed by atoms with van der Waals surface area (Å²) >= 11 is 5.97. The normalized spacial score (nSPS) is 9.94. The summed E-state index contributed by atoms with van der Waals surface area (Å²) in [6, 6.07) is 15.5. The zero-order valence-corrected chi connectivity index (χ0v) is 9.95. The zero-order chi connectivity index (χ0) is 12.1. The van der Waals surface area contributed by atoms with Gasteiger partial charge in [0.1, 0.15) is 0 Å². The summed E-state index contributed by atoms with van der Waals surface area (Å²) in [6.45, 7) is 0. The summed E-state index contributed by atoms with van der Waals surface area (Å²) in [5.74, 6) is 0. The molecule has 0 aliphatic heterocycles. The molecule has 1 N–H and O–H groups in total. The lowest BCUT2D eigenvalue weighted by Gasteiger charge is -2.09. The monoisotopic (exact) mass is 245 g/mol.